The monoisotopic (exact) mass is 230 g/mol. The number of alkyl halides is 3. The zero-order chi connectivity index (χ0) is 11.4. The van der Waals surface area contributed by atoms with Crippen molar-refractivity contribution in [2.24, 2.45) is 5.92 Å². The highest BCUT2D eigenvalue weighted by Gasteiger charge is 2.40. The van der Waals surface area contributed by atoms with Crippen molar-refractivity contribution in [3.8, 4) is 0 Å². The van der Waals surface area contributed by atoms with Crippen LogP contribution in [0.25, 0.3) is 0 Å². The van der Waals surface area contributed by atoms with E-state index in [-0.39, 0.29) is 5.75 Å². The van der Waals surface area contributed by atoms with Gasteiger partial charge in [-0.3, -0.25) is 9.59 Å². The van der Waals surface area contributed by atoms with Crippen molar-refractivity contribution in [3.05, 3.63) is 0 Å². The molecule has 0 aromatic heterocycles. The quantitative estimate of drug-likeness (QED) is 0.583. The minimum Gasteiger partial charge on any atom is -0.469 e. The Morgan fingerprint density at radius 2 is 1.93 bits per heavy atom. The van der Waals surface area contributed by atoms with Crippen LogP contribution in [0.4, 0.5) is 13.2 Å². The summed E-state index contributed by atoms with van der Waals surface area (Å²) in [5, 5.41) is 0. The first-order chi connectivity index (χ1) is 6.32. The van der Waals surface area contributed by atoms with E-state index >= 15 is 0 Å². The molecule has 0 unspecified atom stereocenters. The van der Waals surface area contributed by atoms with Gasteiger partial charge in [-0.2, -0.15) is 25.8 Å². The van der Waals surface area contributed by atoms with Crippen LogP contribution in [-0.2, 0) is 14.3 Å². The first-order valence-corrected chi connectivity index (χ1v) is 4.24. The van der Waals surface area contributed by atoms with Crippen molar-refractivity contribution < 1.29 is 27.5 Å². The van der Waals surface area contributed by atoms with E-state index in [9.17, 15) is 22.8 Å². The second-order valence-corrected chi connectivity index (χ2v) is 2.89. The lowest BCUT2D eigenvalue weighted by Crippen LogP contribution is -2.29. The fourth-order valence-corrected chi connectivity index (χ4v) is 1.01. The maximum Gasteiger partial charge on any atom is 0.449 e. The van der Waals surface area contributed by atoms with Gasteiger partial charge in [-0.05, 0) is 0 Å². The van der Waals surface area contributed by atoms with Gasteiger partial charge in [-0.1, -0.05) is 0 Å². The van der Waals surface area contributed by atoms with E-state index in [2.05, 4.69) is 17.4 Å². The van der Waals surface area contributed by atoms with Crippen molar-refractivity contribution in [2.75, 3.05) is 12.9 Å². The van der Waals surface area contributed by atoms with Crippen LogP contribution < -0.4 is 0 Å². The molecule has 0 saturated heterocycles. The highest BCUT2D eigenvalue weighted by molar-refractivity contribution is 7.80. The van der Waals surface area contributed by atoms with E-state index in [1.807, 2.05) is 0 Å². The zero-order valence-electron chi connectivity index (χ0n) is 7.30. The topological polar surface area (TPSA) is 43.4 Å². The van der Waals surface area contributed by atoms with Gasteiger partial charge in [0.25, 0.3) is 0 Å². The van der Waals surface area contributed by atoms with Crippen LogP contribution in [0, 0.1) is 5.92 Å². The van der Waals surface area contributed by atoms with E-state index in [1.165, 1.54) is 0 Å². The maximum atomic E-state index is 11.8. The SMILES string of the molecule is COC(=O)[C@H](CS)CC(=O)C(F)(F)F. The number of carbonyl (C=O) groups excluding carboxylic acids is 2. The largest absolute Gasteiger partial charge is 0.469 e. The van der Waals surface area contributed by atoms with Crippen molar-refractivity contribution in [1.82, 2.24) is 0 Å². The van der Waals surface area contributed by atoms with Gasteiger partial charge >= 0.3 is 12.1 Å². The Balaban J connectivity index is 4.34. The van der Waals surface area contributed by atoms with Crippen LogP contribution in [0.15, 0.2) is 0 Å². The maximum absolute atomic E-state index is 11.8. The number of methoxy groups -OCH3 is 1. The molecule has 0 amide bonds. The average molecular weight is 230 g/mol. The van der Waals surface area contributed by atoms with E-state index in [0.29, 0.717) is 0 Å². The molecule has 82 valence electrons. The Bertz CT molecular complexity index is 227. The summed E-state index contributed by atoms with van der Waals surface area (Å²) in [6, 6.07) is 0. The number of esters is 1. The predicted octanol–water partition coefficient (Wildman–Crippen LogP) is 1.23. The lowest BCUT2D eigenvalue weighted by molar-refractivity contribution is -0.173. The molecule has 0 N–H and O–H groups in total. The first kappa shape index (κ1) is 13.3. The third-order valence-corrected chi connectivity index (χ3v) is 1.94. The van der Waals surface area contributed by atoms with E-state index < -0.39 is 30.3 Å². The third kappa shape index (κ3) is 3.99. The number of rotatable bonds is 4. The number of ketones is 1. The molecular formula is C7H9F3O3S. The summed E-state index contributed by atoms with van der Waals surface area (Å²) in [6.07, 6.45) is -5.82. The van der Waals surface area contributed by atoms with Gasteiger partial charge in [-0.15, -0.1) is 0 Å². The molecule has 0 saturated carbocycles. The zero-order valence-corrected chi connectivity index (χ0v) is 8.19. The van der Waals surface area contributed by atoms with Crippen LogP contribution in [0.3, 0.4) is 0 Å². The second-order valence-electron chi connectivity index (χ2n) is 2.53. The van der Waals surface area contributed by atoms with E-state index in [1.54, 1.807) is 0 Å². The molecule has 0 spiro atoms. The van der Waals surface area contributed by atoms with Crippen molar-refractivity contribution in [3.63, 3.8) is 0 Å². The molecule has 14 heavy (non-hydrogen) atoms. The number of hydrogen-bond acceptors (Lipinski definition) is 4. The number of ether oxygens (including phenoxy) is 1. The number of halogens is 3. The standard InChI is InChI=1S/C7H9F3O3S/c1-13-6(12)4(3-14)2-5(11)7(8,9)10/h4,14H,2-3H2,1H3/t4-/m0/s1. The normalized spacial score (nSPS) is 13.5. The van der Waals surface area contributed by atoms with E-state index in [4.69, 9.17) is 0 Å². The van der Waals surface area contributed by atoms with Crippen LogP contribution in [0.2, 0.25) is 0 Å². The van der Waals surface area contributed by atoms with Crippen LogP contribution in [-0.4, -0.2) is 30.8 Å². The van der Waals surface area contributed by atoms with Crippen LogP contribution >= 0.6 is 12.6 Å². The lowest BCUT2D eigenvalue weighted by Gasteiger charge is -2.11. The Morgan fingerprint density at radius 1 is 1.43 bits per heavy atom. The Labute approximate surface area is 84.0 Å². The lowest BCUT2D eigenvalue weighted by atomic mass is 10.0. The van der Waals surface area contributed by atoms with Crippen molar-refractivity contribution in [1.29, 1.82) is 0 Å². The number of thiol groups is 1. The van der Waals surface area contributed by atoms with Crippen molar-refractivity contribution in [2.45, 2.75) is 12.6 Å². The molecular weight excluding hydrogens is 221 g/mol. The summed E-state index contributed by atoms with van der Waals surface area (Å²) in [6.45, 7) is 0. The Kier molecular flexibility index (Phi) is 4.96. The van der Waals surface area contributed by atoms with Crippen LogP contribution in [0.5, 0.6) is 0 Å². The second kappa shape index (κ2) is 5.23. The molecule has 0 radical (unpaired) electrons. The molecule has 0 heterocycles. The first-order valence-electron chi connectivity index (χ1n) is 3.61. The van der Waals surface area contributed by atoms with E-state index in [0.717, 1.165) is 7.11 Å². The summed E-state index contributed by atoms with van der Waals surface area (Å²) < 4.78 is 39.6. The average Bonchev–Trinajstić information content (AvgIpc) is 2.10. The fourth-order valence-electron chi connectivity index (χ4n) is 0.729. The molecule has 0 bridgehead atoms. The Morgan fingerprint density at radius 3 is 2.21 bits per heavy atom. The van der Waals surface area contributed by atoms with Gasteiger partial charge in [0.2, 0.25) is 5.78 Å². The van der Waals surface area contributed by atoms with Crippen molar-refractivity contribution >= 4 is 24.4 Å². The van der Waals surface area contributed by atoms with Gasteiger partial charge in [0.05, 0.1) is 13.0 Å². The Hall–Kier alpha value is -0.720. The van der Waals surface area contributed by atoms with Gasteiger partial charge in [0.1, 0.15) is 0 Å². The highest BCUT2D eigenvalue weighted by atomic mass is 32.1. The number of carbonyl (C=O) groups is 2. The minimum atomic E-state index is -4.91. The molecule has 0 aliphatic heterocycles. The molecule has 0 rings (SSSR count). The summed E-state index contributed by atoms with van der Waals surface area (Å²) in [5.41, 5.74) is 0. The molecule has 0 fully saturated rings. The predicted molar refractivity (Wildman–Crippen MR) is 45.0 cm³/mol. The molecule has 1 atom stereocenters. The molecule has 0 aliphatic rings. The number of hydrogen-bond donors (Lipinski definition) is 1. The highest BCUT2D eigenvalue weighted by Crippen LogP contribution is 2.21. The molecule has 3 nitrogen and oxygen atoms in total. The summed E-state index contributed by atoms with van der Waals surface area (Å²) in [4.78, 5) is 21.3. The summed E-state index contributed by atoms with van der Waals surface area (Å²) in [5.74, 6) is -4.11. The van der Waals surface area contributed by atoms with Gasteiger partial charge in [0.15, 0.2) is 0 Å². The fraction of sp³-hybridized carbons (Fsp3) is 0.714. The van der Waals surface area contributed by atoms with Gasteiger partial charge in [0, 0.05) is 12.2 Å². The van der Waals surface area contributed by atoms with Crippen LogP contribution in [0.1, 0.15) is 6.42 Å². The van der Waals surface area contributed by atoms with Gasteiger partial charge in [-0.25, -0.2) is 0 Å². The molecule has 0 aromatic rings. The number of Topliss-reactive ketones (excluding diaryl/α,β-unsaturated/α-hetero) is 1. The summed E-state index contributed by atoms with van der Waals surface area (Å²) in [7, 11) is 1.04. The smallest absolute Gasteiger partial charge is 0.449 e. The van der Waals surface area contributed by atoms with Gasteiger partial charge < -0.3 is 4.74 Å². The molecule has 7 heteroatoms. The summed E-state index contributed by atoms with van der Waals surface area (Å²) >= 11 is 3.66. The molecule has 0 aromatic carbocycles. The molecule has 0 aliphatic carbocycles. The minimum absolute atomic E-state index is 0.158. The third-order valence-electron chi connectivity index (χ3n) is 1.50.